The zero-order valence-corrected chi connectivity index (χ0v) is 11.8. The van der Waals surface area contributed by atoms with Crippen molar-refractivity contribution in [3.8, 4) is 0 Å². The standard InChI is InChI=1S/C16H20N2O3/c19-15(20)9-13(11-6-7-11)17-16(21)18-14-8-12(14)10-4-2-1-3-5-10/h1-5,11-14H,6-9H2,(H,19,20)(H2,17,18,21). The number of nitrogens with one attached hydrogen (secondary N) is 2. The zero-order chi connectivity index (χ0) is 14.8. The summed E-state index contributed by atoms with van der Waals surface area (Å²) in [5, 5.41) is 14.7. The molecule has 2 saturated carbocycles. The summed E-state index contributed by atoms with van der Waals surface area (Å²) in [6, 6.07) is 9.81. The average molecular weight is 288 g/mol. The van der Waals surface area contributed by atoms with E-state index in [0.717, 1.165) is 19.3 Å². The number of carbonyl (C=O) groups excluding carboxylic acids is 1. The minimum absolute atomic E-state index is 0.00483. The number of benzene rings is 1. The second-order valence-electron chi connectivity index (χ2n) is 6.02. The first kappa shape index (κ1) is 13.9. The Morgan fingerprint density at radius 2 is 1.95 bits per heavy atom. The fourth-order valence-electron chi connectivity index (χ4n) is 2.82. The van der Waals surface area contributed by atoms with Crippen molar-refractivity contribution in [2.45, 2.75) is 43.7 Å². The molecule has 2 aliphatic rings. The molecule has 0 saturated heterocycles. The lowest BCUT2D eigenvalue weighted by atomic mass is 10.1. The molecule has 1 aromatic rings. The highest BCUT2D eigenvalue weighted by atomic mass is 16.4. The molecule has 0 radical (unpaired) electrons. The third-order valence-corrected chi connectivity index (χ3v) is 4.24. The third-order valence-electron chi connectivity index (χ3n) is 4.24. The molecule has 21 heavy (non-hydrogen) atoms. The predicted molar refractivity (Wildman–Crippen MR) is 78.0 cm³/mol. The van der Waals surface area contributed by atoms with Gasteiger partial charge in [0.15, 0.2) is 0 Å². The van der Waals surface area contributed by atoms with Crippen LogP contribution in [0.25, 0.3) is 0 Å². The number of carboxylic acids is 1. The van der Waals surface area contributed by atoms with Gasteiger partial charge >= 0.3 is 12.0 Å². The van der Waals surface area contributed by atoms with Crippen molar-refractivity contribution >= 4 is 12.0 Å². The molecule has 5 heteroatoms. The summed E-state index contributed by atoms with van der Waals surface area (Å²) in [5.41, 5.74) is 1.24. The Labute approximate surface area is 123 Å². The summed E-state index contributed by atoms with van der Waals surface area (Å²) in [5.74, 6) is -0.146. The lowest BCUT2D eigenvalue weighted by Crippen LogP contribution is -2.45. The molecule has 0 heterocycles. The van der Waals surface area contributed by atoms with Crippen molar-refractivity contribution in [1.29, 1.82) is 0 Å². The molecule has 0 aliphatic heterocycles. The van der Waals surface area contributed by atoms with Crippen molar-refractivity contribution in [1.82, 2.24) is 10.6 Å². The molecule has 2 fully saturated rings. The molecule has 0 bridgehead atoms. The Morgan fingerprint density at radius 1 is 1.24 bits per heavy atom. The number of amides is 2. The molecule has 3 unspecified atom stereocenters. The van der Waals surface area contributed by atoms with Gasteiger partial charge < -0.3 is 15.7 Å². The number of hydrogen-bond acceptors (Lipinski definition) is 2. The fraction of sp³-hybridized carbons (Fsp3) is 0.500. The second kappa shape index (κ2) is 5.76. The van der Waals surface area contributed by atoms with E-state index < -0.39 is 5.97 Å². The summed E-state index contributed by atoms with van der Waals surface area (Å²) in [6.07, 6.45) is 2.97. The van der Waals surface area contributed by atoms with Crippen molar-refractivity contribution in [3.63, 3.8) is 0 Å². The number of hydrogen-bond donors (Lipinski definition) is 3. The monoisotopic (exact) mass is 288 g/mol. The van der Waals surface area contributed by atoms with E-state index in [4.69, 9.17) is 5.11 Å². The summed E-state index contributed by atoms with van der Waals surface area (Å²) in [4.78, 5) is 22.8. The Morgan fingerprint density at radius 3 is 2.57 bits per heavy atom. The molecule has 2 aliphatic carbocycles. The van der Waals surface area contributed by atoms with Crippen LogP contribution < -0.4 is 10.6 Å². The minimum atomic E-state index is -0.860. The topological polar surface area (TPSA) is 78.4 Å². The Bertz CT molecular complexity index is 528. The van der Waals surface area contributed by atoms with Crippen molar-refractivity contribution < 1.29 is 14.7 Å². The van der Waals surface area contributed by atoms with Crippen LogP contribution in [0.3, 0.4) is 0 Å². The average Bonchev–Trinajstić information content (AvgIpc) is 3.33. The van der Waals surface area contributed by atoms with E-state index in [1.807, 2.05) is 18.2 Å². The molecule has 0 spiro atoms. The van der Waals surface area contributed by atoms with Gasteiger partial charge in [-0.15, -0.1) is 0 Å². The summed E-state index contributed by atoms with van der Waals surface area (Å²) >= 11 is 0. The highest BCUT2D eigenvalue weighted by Gasteiger charge is 2.40. The van der Waals surface area contributed by atoms with E-state index >= 15 is 0 Å². The number of urea groups is 1. The van der Waals surface area contributed by atoms with Gasteiger partial charge in [0.2, 0.25) is 0 Å². The highest BCUT2D eigenvalue weighted by Crippen LogP contribution is 2.40. The van der Waals surface area contributed by atoms with Crippen molar-refractivity contribution in [2.75, 3.05) is 0 Å². The first-order chi connectivity index (χ1) is 10.1. The lowest BCUT2D eigenvalue weighted by molar-refractivity contribution is -0.137. The van der Waals surface area contributed by atoms with Gasteiger partial charge in [0.05, 0.1) is 6.42 Å². The number of aliphatic carboxylic acids is 1. The van der Waals surface area contributed by atoms with E-state index in [9.17, 15) is 9.59 Å². The maximum absolute atomic E-state index is 12.0. The third kappa shape index (κ3) is 3.74. The molecule has 112 valence electrons. The van der Waals surface area contributed by atoms with Gasteiger partial charge in [-0.2, -0.15) is 0 Å². The predicted octanol–water partition coefficient (Wildman–Crippen LogP) is 2.09. The Balaban J connectivity index is 1.47. The fourth-order valence-corrected chi connectivity index (χ4v) is 2.82. The van der Waals surface area contributed by atoms with Crippen LogP contribution in [0.2, 0.25) is 0 Å². The van der Waals surface area contributed by atoms with Crippen LogP contribution in [0, 0.1) is 5.92 Å². The molecule has 2 amide bonds. The van der Waals surface area contributed by atoms with Crippen LogP contribution in [0.5, 0.6) is 0 Å². The zero-order valence-electron chi connectivity index (χ0n) is 11.8. The number of rotatable bonds is 6. The van der Waals surface area contributed by atoms with Gasteiger partial charge in [-0.05, 0) is 30.7 Å². The van der Waals surface area contributed by atoms with Crippen LogP contribution in [0.4, 0.5) is 4.79 Å². The number of carboxylic acid groups (broad SMARTS) is 1. The van der Waals surface area contributed by atoms with Crippen molar-refractivity contribution in [3.05, 3.63) is 35.9 Å². The van der Waals surface area contributed by atoms with Gasteiger partial charge in [-0.3, -0.25) is 4.79 Å². The molecule has 1 aromatic carbocycles. The molecule has 3 atom stereocenters. The Kier molecular flexibility index (Phi) is 3.82. The van der Waals surface area contributed by atoms with Gasteiger partial charge in [0, 0.05) is 18.0 Å². The van der Waals surface area contributed by atoms with Crippen LogP contribution >= 0.6 is 0 Å². The van der Waals surface area contributed by atoms with Gasteiger partial charge in [0.25, 0.3) is 0 Å². The molecule has 3 N–H and O–H groups in total. The maximum atomic E-state index is 12.0. The molecular formula is C16H20N2O3. The largest absolute Gasteiger partial charge is 0.481 e. The SMILES string of the molecule is O=C(O)CC(NC(=O)NC1CC1c1ccccc1)C1CC1. The summed E-state index contributed by atoms with van der Waals surface area (Å²) in [7, 11) is 0. The second-order valence-corrected chi connectivity index (χ2v) is 6.02. The maximum Gasteiger partial charge on any atom is 0.315 e. The molecule has 5 nitrogen and oxygen atoms in total. The quantitative estimate of drug-likeness (QED) is 0.750. The first-order valence-corrected chi connectivity index (χ1v) is 7.47. The van der Waals surface area contributed by atoms with Crippen molar-refractivity contribution in [2.24, 2.45) is 5.92 Å². The van der Waals surface area contributed by atoms with Gasteiger partial charge in [-0.1, -0.05) is 30.3 Å². The highest BCUT2D eigenvalue weighted by molar-refractivity contribution is 5.76. The molecule has 0 aromatic heterocycles. The van der Waals surface area contributed by atoms with Gasteiger partial charge in [-0.25, -0.2) is 4.79 Å². The van der Waals surface area contributed by atoms with Crippen LogP contribution in [0.1, 0.15) is 37.2 Å². The lowest BCUT2D eigenvalue weighted by Gasteiger charge is -2.16. The van der Waals surface area contributed by atoms with Crippen LogP contribution in [0.15, 0.2) is 30.3 Å². The van der Waals surface area contributed by atoms with E-state index in [-0.39, 0.29) is 24.5 Å². The van der Waals surface area contributed by atoms with E-state index in [1.54, 1.807) is 0 Å². The molecule has 3 rings (SSSR count). The smallest absolute Gasteiger partial charge is 0.315 e. The first-order valence-electron chi connectivity index (χ1n) is 7.47. The van der Waals surface area contributed by atoms with E-state index in [0.29, 0.717) is 11.8 Å². The van der Waals surface area contributed by atoms with E-state index in [1.165, 1.54) is 5.56 Å². The molecular weight excluding hydrogens is 268 g/mol. The van der Waals surface area contributed by atoms with Gasteiger partial charge in [0.1, 0.15) is 0 Å². The Hall–Kier alpha value is -2.04. The normalized spacial score (nSPS) is 25.0. The minimum Gasteiger partial charge on any atom is -0.481 e. The van der Waals surface area contributed by atoms with Crippen LogP contribution in [-0.2, 0) is 4.79 Å². The summed E-state index contributed by atoms with van der Waals surface area (Å²) in [6.45, 7) is 0. The van der Waals surface area contributed by atoms with E-state index in [2.05, 4.69) is 22.8 Å². The summed E-state index contributed by atoms with van der Waals surface area (Å²) < 4.78 is 0. The van der Waals surface area contributed by atoms with Crippen LogP contribution in [-0.4, -0.2) is 29.2 Å². The number of carbonyl (C=O) groups is 2.